The van der Waals surface area contributed by atoms with Gasteiger partial charge in [-0.05, 0) is 74.4 Å². The number of nitrogens with zero attached hydrogens (tertiary/aromatic N) is 4. The molecule has 0 unspecified atom stereocenters. The largest absolute Gasteiger partial charge is 0.507 e. The highest BCUT2D eigenvalue weighted by molar-refractivity contribution is 5.70. The monoisotopic (exact) mass is 363 g/mol. The summed E-state index contributed by atoms with van der Waals surface area (Å²) in [7, 11) is 0. The van der Waals surface area contributed by atoms with Gasteiger partial charge in [-0.25, -0.2) is 0 Å². The Bertz CT molecular complexity index is 871. The summed E-state index contributed by atoms with van der Waals surface area (Å²) in [4.78, 5) is 2.16. The van der Waals surface area contributed by atoms with Crippen LogP contribution < -0.4 is 5.32 Å². The van der Waals surface area contributed by atoms with Crippen LogP contribution in [0, 0.1) is 18.3 Å². The number of hydrogen-bond acceptors (Lipinski definition) is 6. The summed E-state index contributed by atoms with van der Waals surface area (Å²) < 4.78 is 0. The molecule has 1 saturated heterocycles. The smallest absolute Gasteiger partial charge is 0.149 e. The molecule has 1 aliphatic carbocycles. The second-order valence-corrected chi connectivity index (χ2v) is 7.69. The first-order valence-electron chi connectivity index (χ1n) is 9.67. The van der Waals surface area contributed by atoms with Crippen molar-refractivity contribution in [2.75, 3.05) is 25.0 Å². The van der Waals surface area contributed by atoms with E-state index in [1.807, 2.05) is 25.1 Å². The Hall–Kier alpha value is -2.65. The van der Waals surface area contributed by atoms with E-state index in [9.17, 15) is 5.11 Å². The number of aromatic hydroxyl groups is 1. The molecule has 0 amide bonds. The Kier molecular flexibility index (Phi) is 4.95. The molecule has 0 bridgehead atoms. The Morgan fingerprint density at radius 2 is 2.11 bits per heavy atom. The van der Waals surface area contributed by atoms with Crippen molar-refractivity contribution < 1.29 is 5.11 Å². The van der Waals surface area contributed by atoms with Crippen LogP contribution in [0.5, 0.6) is 5.75 Å². The van der Waals surface area contributed by atoms with Crippen molar-refractivity contribution in [1.29, 1.82) is 5.26 Å². The molecular formula is C21H25N5O. The van der Waals surface area contributed by atoms with E-state index >= 15 is 0 Å². The van der Waals surface area contributed by atoms with Gasteiger partial charge in [-0.2, -0.15) is 5.26 Å². The quantitative estimate of drug-likeness (QED) is 0.792. The van der Waals surface area contributed by atoms with Crippen LogP contribution in [-0.4, -0.2) is 45.9 Å². The highest BCUT2D eigenvalue weighted by atomic mass is 16.3. The number of nitrogens with one attached hydrogen (secondary N) is 1. The number of piperidine rings is 1. The third-order valence-corrected chi connectivity index (χ3v) is 5.46. The first kappa shape index (κ1) is 17.7. The molecule has 27 heavy (non-hydrogen) atoms. The first-order chi connectivity index (χ1) is 13.1. The molecule has 4 rings (SSSR count). The lowest BCUT2D eigenvalue weighted by atomic mass is 10.0. The zero-order valence-electron chi connectivity index (χ0n) is 15.6. The van der Waals surface area contributed by atoms with Gasteiger partial charge in [0.15, 0.2) is 0 Å². The maximum Gasteiger partial charge on any atom is 0.149 e. The van der Waals surface area contributed by atoms with Gasteiger partial charge in [-0.15, -0.1) is 10.2 Å². The highest BCUT2D eigenvalue weighted by Gasteiger charge is 2.25. The van der Waals surface area contributed by atoms with Crippen molar-refractivity contribution >= 4 is 5.82 Å². The van der Waals surface area contributed by atoms with E-state index in [1.165, 1.54) is 18.4 Å². The normalized spacial score (nSPS) is 20.2. The molecule has 1 saturated carbocycles. The Morgan fingerprint density at radius 3 is 2.81 bits per heavy atom. The molecule has 2 aromatic rings. The van der Waals surface area contributed by atoms with Crippen LogP contribution in [0.3, 0.4) is 0 Å². The van der Waals surface area contributed by atoms with Gasteiger partial charge < -0.3 is 10.4 Å². The van der Waals surface area contributed by atoms with Crippen molar-refractivity contribution in [3.05, 3.63) is 35.4 Å². The maximum atomic E-state index is 10.4. The Balaban J connectivity index is 1.48. The molecule has 2 N–H and O–H groups in total. The van der Waals surface area contributed by atoms with Gasteiger partial charge in [0.1, 0.15) is 11.6 Å². The van der Waals surface area contributed by atoms with E-state index in [2.05, 4.69) is 32.5 Å². The topological polar surface area (TPSA) is 85.1 Å². The first-order valence-corrected chi connectivity index (χ1v) is 9.67. The third-order valence-electron chi connectivity index (χ3n) is 5.46. The van der Waals surface area contributed by atoms with Gasteiger partial charge in [0.2, 0.25) is 0 Å². The van der Waals surface area contributed by atoms with E-state index in [0.717, 1.165) is 48.6 Å². The number of benzene rings is 1. The number of rotatable bonds is 5. The molecule has 0 spiro atoms. The number of likely N-dealkylation sites (tertiary alicyclic amines) is 1. The van der Waals surface area contributed by atoms with Gasteiger partial charge >= 0.3 is 0 Å². The molecule has 2 heterocycles. The lowest BCUT2D eigenvalue weighted by Crippen LogP contribution is -2.42. The van der Waals surface area contributed by atoms with Crippen LogP contribution in [0.1, 0.15) is 42.7 Å². The highest BCUT2D eigenvalue weighted by Crippen LogP contribution is 2.42. The molecule has 1 atom stereocenters. The second kappa shape index (κ2) is 7.53. The lowest BCUT2D eigenvalue weighted by Gasteiger charge is -2.31. The molecular weight excluding hydrogens is 338 g/mol. The van der Waals surface area contributed by atoms with Crippen molar-refractivity contribution in [2.45, 2.75) is 44.6 Å². The van der Waals surface area contributed by atoms with Crippen LogP contribution in [0.25, 0.3) is 11.3 Å². The summed E-state index contributed by atoms with van der Waals surface area (Å²) in [6, 6.07) is 10.4. The minimum atomic E-state index is 0.275. The number of phenolic OH excluding ortho intramolecular Hbond substituents is 1. The number of phenols is 1. The molecule has 2 fully saturated rings. The van der Waals surface area contributed by atoms with Crippen molar-refractivity contribution in [3.63, 3.8) is 0 Å². The molecule has 2 aliphatic rings. The molecule has 6 heteroatoms. The Morgan fingerprint density at radius 1 is 1.26 bits per heavy atom. The predicted octanol–water partition coefficient (Wildman–Crippen LogP) is 3.43. The van der Waals surface area contributed by atoms with E-state index in [-0.39, 0.29) is 11.8 Å². The van der Waals surface area contributed by atoms with Crippen molar-refractivity contribution in [3.8, 4) is 23.1 Å². The minimum Gasteiger partial charge on any atom is -0.507 e. The second-order valence-electron chi connectivity index (χ2n) is 7.69. The average molecular weight is 363 g/mol. The summed E-state index contributed by atoms with van der Waals surface area (Å²) in [6.07, 6.45) is 4.56. The predicted molar refractivity (Wildman–Crippen MR) is 105 cm³/mol. The number of hydrogen-bond donors (Lipinski definition) is 2. The number of aryl methyl sites for hydroxylation is 1. The fraction of sp³-hybridized carbons (Fsp3) is 0.476. The average Bonchev–Trinajstić information content (AvgIpc) is 3.48. The number of aromatic nitrogens is 2. The fourth-order valence-corrected chi connectivity index (χ4v) is 3.87. The molecule has 140 valence electrons. The third kappa shape index (κ3) is 4.04. The van der Waals surface area contributed by atoms with Crippen LogP contribution >= 0.6 is 0 Å². The van der Waals surface area contributed by atoms with Crippen LogP contribution in [0.4, 0.5) is 5.82 Å². The fourth-order valence-electron chi connectivity index (χ4n) is 3.87. The van der Waals surface area contributed by atoms with Gasteiger partial charge in [0.25, 0.3) is 0 Å². The molecule has 1 aromatic heterocycles. The summed E-state index contributed by atoms with van der Waals surface area (Å²) >= 11 is 0. The van der Waals surface area contributed by atoms with Gasteiger partial charge in [0.05, 0.1) is 18.3 Å². The summed E-state index contributed by atoms with van der Waals surface area (Å²) in [6.45, 7) is 4.29. The van der Waals surface area contributed by atoms with Crippen LogP contribution in [0.2, 0.25) is 0 Å². The molecule has 6 nitrogen and oxygen atoms in total. The number of anilines is 1. The lowest BCUT2D eigenvalue weighted by molar-refractivity contribution is 0.239. The van der Waals surface area contributed by atoms with E-state index in [1.54, 1.807) is 0 Å². The molecule has 1 aliphatic heterocycles. The molecule has 0 radical (unpaired) electrons. The van der Waals surface area contributed by atoms with E-state index in [0.29, 0.717) is 12.5 Å². The SMILES string of the molecule is Cc1cc(N[C@@H]2CCCN(CC#N)C2)nnc1-c1ccc(C2CC2)cc1O. The van der Waals surface area contributed by atoms with Gasteiger partial charge in [-0.1, -0.05) is 6.07 Å². The Labute approximate surface area is 159 Å². The zero-order chi connectivity index (χ0) is 18.8. The number of nitriles is 1. The van der Waals surface area contributed by atoms with E-state index in [4.69, 9.17) is 5.26 Å². The van der Waals surface area contributed by atoms with Crippen molar-refractivity contribution in [1.82, 2.24) is 15.1 Å². The zero-order valence-corrected chi connectivity index (χ0v) is 15.6. The van der Waals surface area contributed by atoms with E-state index < -0.39 is 0 Å². The standard InChI is InChI=1S/C21H25N5O/c1-14-11-20(23-17-3-2-9-26(13-17)10-8-22)24-25-21(14)18-7-6-16(12-19(18)27)15-4-5-15/h6-7,11-12,15,17,27H,2-5,9-10,13H2,1H3,(H,23,24)/t17-/m1/s1. The molecule has 1 aromatic carbocycles. The van der Waals surface area contributed by atoms with Crippen molar-refractivity contribution in [2.24, 2.45) is 0 Å². The summed E-state index contributed by atoms with van der Waals surface area (Å²) in [5.74, 6) is 1.63. The maximum absolute atomic E-state index is 10.4. The minimum absolute atomic E-state index is 0.275. The summed E-state index contributed by atoms with van der Waals surface area (Å²) in [5, 5.41) is 31.5. The summed E-state index contributed by atoms with van der Waals surface area (Å²) in [5.41, 5.74) is 3.63. The van der Waals surface area contributed by atoms with Crippen LogP contribution in [-0.2, 0) is 0 Å². The van der Waals surface area contributed by atoms with Gasteiger partial charge in [-0.3, -0.25) is 4.90 Å². The van der Waals surface area contributed by atoms with Gasteiger partial charge in [0, 0.05) is 18.2 Å². The van der Waals surface area contributed by atoms with Crippen LogP contribution in [0.15, 0.2) is 24.3 Å².